The molecule has 29 heavy (non-hydrogen) atoms. The lowest BCUT2D eigenvalue weighted by molar-refractivity contribution is -0.121. The summed E-state index contributed by atoms with van der Waals surface area (Å²) in [6.07, 6.45) is 1.57. The van der Waals surface area contributed by atoms with Crippen LogP contribution >= 0.6 is 0 Å². The van der Waals surface area contributed by atoms with Crippen molar-refractivity contribution < 1.29 is 19.1 Å². The lowest BCUT2D eigenvalue weighted by Crippen LogP contribution is -2.43. The fourth-order valence-corrected chi connectivity index (χ4v) is 3.51. The number of anilines is 1. The molecule has 3 rings (SSSR count). The summed E-state index contributed by atoms with van der Waals surface area (Å²) in [4.78, 5) is 27.4. The van der Waals surface area contributed by atoms with Crippen LogP contribution in [0.3, 0.4) is 0 Å². The molecule has 2 amide bonds. The van der Waals surface area contributed by atoms with Crippen molar-refractivity contribution in [1.29, 1.82) is 0 Å². The minimum atomic E-state index is -0.220. The molecule has 0 spiro atoms. The van der Waals surface area contributed by atoms with Crippen molar-refractivity contribution in [2.24, 2.45) is 5.92 Å². The number of carbonyl (C=O) groups excluding carboxylic acids is 2. The molecule has 0 radical (unpaired) electrons. The number of piperidine rings is 1. The third kappa shape index (κ3) is 5.28. The van der Waals surface area contributed by atoms with Crippen molar-refractivity contribution in [3.63, 3.8) is 0 Å². The van der Waals surface area contributed by atoms with Gasteiger partial charge in [0.05, 0.1) is 19.1 Å². The van der Waals surface area contributed by atoms with Crippen LogP contribution in [0.4, 0.5) is 5.69 Å². The Hall–Kier alpha value is -3.02. The third-order valence-electron chi connectivity index (χ3n) is 4.91. The zero-order valence-electron chi connectivity index (χ0n) is 17.0. The number of likely N-dealkylation sites (tertiary alicyclic amines) is 1. The molecule has 6 nitrogen and oxygen atoms in total. The molecular weight excluding hydrogens is 368 g/mol. The van der Waals surface area contributed by atoms with Gasteiger partial charge in [0.1, 0.15) is 0 Å². The van der Waals surface area contributed by atoms with E-state index in [9.17, 15) is 9.59 Å². The molecule has 1 fully saturated rings. The van der Waals surface area contributed by atoms with E-state index >= 15 is 0 Å². The number of benzene rings is 2. The number of rotatable bonds is 7. The summed E-state index contributed by atoms with van der Waals surface area (Å²) in [5.41, 5.74) is 1.31. The zero-order valence-corrected chi connectivity index (χ0v) is 17.0. The van der Waals surface area contributed by atoms with Crippen LogP contribution in [0.15, 0.2) is 48.5 Å². The number of amides is 2. The van der Waals surface area contributed by atoms with Gasteiger partial charge < -0.3 is 19.7 Å². The molecule has 1 aliphatic rings. The van der Waals surface area contributed by atoms with Gasteiger partial charge in [-0.3, -0.25) is 9.59 Å². The van der Waals surface area contributed by atoms with Crippen LogP contribution in [0.1, 0.15) is 37.0 Å². The van der Waals surface area contributed by atoms with Gasteiger partial charge in [0.15, 0.2) is 11.5 Å². The van der Waals surface area contributed by atoms with E-state index in [0.29, 0.717) is 43.4 Å². The van der Waals surface area contributed by atoms with Crippen molar-refractivity contribution in [3.8, 4) is 11.5 Å². The van der Waals surface area contributed by atoms with E-state index in [0.717, 1.165) is 18.5 Å². The molecule has 1 N–H and O–H groups in total. The van der Waals surface area contributed by atoms with Crippen LogP contribution in [0.25, 0.3) is 0 Å². The molecule has 0 bridgehead atoms. The number of carbonyl (C=O) groups is 2. The van der Waals surface area contributed by atoms with E-state index in [2.05, 4.69) is 5.32 Å². The monoisotopic (exact) mass is 396 g/mol. The minimum Gasteiger partial charge on any atom is -0.490 e. The number of ether oxygens (including phenoxy) is 2. The number of nitrogens with one attached hydrogen (secondary N) is 1. The summed E-state index contributed by atoms with van der Waals surface area (Å²) in [6.45, 7) is 5.87. The topological polar surface area (TPSA) is 67.9 Å². The highest BCUT2D eigenvalue weighted by molar-refractivity contribution is 5.96. The predicted octanol–water partition coefficient (Wildman–Crippen LogP) is 3.97. The van der Waals surface area contributed by atoms with Gasteiger partial charge in [-0.15, -0.1) is 0 Å². The first-order chi connectivity index (χ1) is 14.1. The molecule has 154 valence electrons. The van der Waals surface area contributed by atoms with E-state index in [4.69, 9.17) is 9.47 Å². The fraction of sp³-hybridized carbons (Fsp3) is 0.391. The highest BCUT2D eigenvalue weighted by Gasteiger charge is 2.29. The van der Waals surface area contributed by atoms with Crippen molar-refractivity contribution in [2.45, 2.75) is 26.7 Å². The molecule has 0 aliphatic carbocycles. The second-order valence-corrected chi connectivity index (χ2v) is 6.97. The van der Waals surface area contributed by atoms with Crippen LogP contribution in [0.5, 0.6) is 11.5 Å². The summed E-state index contributed by atoms with van der Waals surface area (Å²) in [7, 11) is 0. The predicted molar refractivity (Wildman–Crippen MR) is 112 cm³/mol. The van der Waals surface area contributed by atoms with E-state index < -0.39 is 0 Å². The third-order valence-corrected chi connectivity index (χ3v) is 4.91. The van der Waals surface area contributed by atoms with Crippen LogP contribution in [0, 0.1) is 5.92 Å². The number of hydrogen-bond acceptors (Lipinski definition) is 4. The number of hydrogen-bond donors (Lipinski definition) is 1. The summed E-state index contributed by atoms with van der Waals surface area (Å²) in [5.74, 6) is 0.837. The van der Waals surface area contributed by atoms with Gasteiger partial charge in [0.25, 0.3) is 5.91 Å². The van der Waals surface area contributed by atoms with Crippen LogP contribution in [0.2, 0.25) is 0 Å². The quantitative estimate of drug-likeness (QED) is 0.769. The van der Waals surface area contributed by atoms with Gasteiger partial charge in [0, 0.05) is 24.3 Å². The van der Waals surface area contributed by atoms with Gasteiger partial charge in [-0.1, -0.05) is 18.2 Å². The van der Waals surface area contributed by atoms with Gasteiger partial charge in [-0.05, 0) is 57.0 Å². The minimum absolute atomic E-state index is 0.0459. The standard InChI is InChI=1S/C23H28N2O4/c1-3-28-20-13-12-17(15-21(20)29-4-2)23(27)25-14-8-9-18(16-25)22(26)24-19-10-6-5-7-11-19/h5-7,10-13,15,18H,3-4,8-9,14,16H2,1-2H3,(H,24,26). The summed E-state index contributed by atoms with van der Waals surface area (Å²) >= 11 is 0. The van der Waals surface area contributed by atoms with E-state index in [1.165, 1.54) is 0 Å². The zero-order chi connectivity index (χ0) is 20.6. The Morgan fingerprint density at radius 3 is 2.48 bits per heavy atom. The van der Waals surface area contributed by atoms with Crippen molar-refractivity contribution in [2.75, 3.05) is 31.6 Å². The van der Waals surface area contributed by atoms with Crippen LogP contribution in [-0.4, -0.2) is 43.0 Å². The molecule has 1 unspecified atom stereocenters. The number of para-hydroxylation sites is 1. The smallest absolute Gasteiger partial charge is 0.254 e. The summed E-state index contributed by atoms with van der Waals surface area (Å²) < 4.78 is 11.2. The van der Waals surface area contributed by atoms with Gasteiger partial charge in [0.2, 0.25) is 5.91 Å². The molecule has 1 heterocycles. The van der Waals surface area contributed by atoms with E-state index in [1.807, 2.05) is 44.2 Å². The highest BCUT2D eigenvalue weighted by Crippen LogP contribution is 2.30. The molecule has 0 saturated carbocycles. The van der Waals surface area contributed by atoms with Gasteiger partial charge >= 0.3 is 0 Å². The second-order valence-electron chi connectivity index (χ2n) is 6.97. The first-order valence-corrected chi connectivity index (χ1v) is 10.2. The molecule has 1 saturated heterocycles. The normalized spacial score (nSPS) is 16.2. The molecule has 6 heteroatoms. The Morgan fingerprint density at radius 2 is 1.76 bits per heavy atom. The maximum atomic E-state index is 13.0. The number of nitrogens with zero attached hydrogens (tertiary/aromatic N) is 1. The first kappa shape index (κ1) is 20.7. The maximum absolute atomic E-state index is 13.0. The Balaban J connectivity index is 1.69. The maximum Gasteiger partial charge on any atom is 0.254 e. The summed E-state index contributed by atoms with van der Waals surface area (Å²) in [5, 5.41) is 2.94. The van der Waals surface area contributed by atoms with Crippen molar-refractivity contribution >= 4 is 17.5 Å². The van der Waals surface area contributed by atoms with Crippen molar-refractivity contribution in [1.82, 2.24) is 4.90 Å². The Bertz CT molecular complexity index is 838. The second kappa shape index (κ2) is 9.96. The molecule has 1 aliphatic heterocycles. The summed E-state index contributed by atoms with van der Waals surface area (Å²) in [6, 6.07) is 14.6. The Kier molecular flexibility index (Phi) is 7.11. The van der Waals surface area contributed by atoms with E-state index in [1.54, 1.807) is 23.1 Å². The molecule has 0 aromatic heterocycles. The lowest BCUT2D eigenvalue weighted by Gasteiger charge is -2.32. The van der Waals surface area contributed by atoms with Gasteiger partial charge in [-0.2, -0.15) is 0 Å². The van der Waals surface area contributed by atoms with Gasteiger partial charge in [-0.25, -0.2) is 0 Å². The average molecular weight is 396 g/mol. The van der Waals surface area contributed by atoms with Crippen LogP contribution in [-0.2, 0) is 4.79 Å². The highest BCUT2D eigenvalue weighted by atomic mass is 16.5. The lowest BCUT2D eigenvalue weighted by atomic mass is 9.96. The Morgan fingerprint density at radius 1 is 1.03 bits per heavy atom. The van der Waals surface area contributed by atoms with E-state index in [-0.39, 0.29) is 17.7 Å². The van der Waals surface area contributed by atoms with Crippen LogP contribution < -0.4 is 14.8 Å². The van der Waals surface area contributed by atoms with Crippen molar-refractivity contribution in [3.05, 3.63) is 54.1 Å². The average Bonchev–Trinajstić information content (AvgIpc) is 2.75. The molecule has 2 aromatic rings. The fourth-order valence-electron chi connectivity index (χ4n) is 3.51. The Labute approximate surface area is 171 Å². The molecule has 2 aromatic carbocycles. The largest absolute Gasteiger partial charge is 0.490 e. The SMILES string of the molecule is CCOc1ccc(C(=O)N2CCCC(C(=O)Nc3ccccc3)C2)cc1OCC. The molecular formula is C23H28N2O4. The first-order valence-electron chi connectivity index (χ1n) is 10.2. The molecule has 1 atom stereocenters.